The van der Waals surface area contributed by atoms with Crippen molar-refractivity contribution in [1.82, 2.24) is 9.97 Å². The average molecular weight is 296 g/mol. The Balaban J connectivity index is 0.000000561. The summed E-state index contributed by atoms with van der Waals surface area (Å²) in [5.74, 6) is 0. The number of alkyl halides is 2. The standard InChI is InChI=1S/C6H6Br2N2.C2H6/c7-1-5-3-10-6(2-8)4-9-5;1-2/h3-4H,1-2H2;1-2H3. The molecule has 0 aliphatic heterocycles. The van der Waals surface area contributed by atoms with E-state index in [0.29, 0.717) is 0 Å². The van der Waals surface area contributed by atoms with Crippen molar-refractivity contribution in [3.05, 3.63) is 23.8 Å². The molecule has 1 aromatic rings. The molecule has 0 aliphatic carbocycles. The van der Waals surface area contributed by atoms with Gasteiger partial charge in [0.1, 0.15) is 0 Å². The second-order valence-corrected chi connectivity index (χ2v) is 2.89. The van der Waals surface area contributed by atoms with Crippen LogP contribution in [0, 0.1) is 0 Å². The summed E-state index contributed by atoms with van der Waals surface area (Å²) >= 11 is 6.58. The summed E-state index contributed by atoms with van der Waals surface area (Å²) in [5.41, 5.74) is 1.93. The van der Waals surface area contributed by atoms with Gasteiger partial charge in [0.25, 0.3) is 0 Å². The Morgan fingerprint density at radius 2 is 1.33 bits per heavy atom. The smallest absolute Gasteiger partial charge is 0.0692 e. The SMILES string of the molecule is BrCc1cnc(CBr)cn1.CC. The molecule has 0 aliphatic rings. The molecule has 0 bridgehead atoms. The van der Waals surface area contributed by atoms with Gasteiger partial charge in [-0.2, -0.15) is 0 Å². The molecule has 0 aromatic carbocycles. The monoisotopic (exact) mass is 294 g/mol. The van der Waals surface area contributed by atoms with Crippen molar-refractivity contribution in [3.63, 3.8) is 0 Å². The lowest BCUT2D eigenvalue weighted by atomic mass is 10.4. The van der Waals surface area contributed by atoms with Gasteiger partial charge in [0.2, 0.25) is 0 Å². The predicted molar refractivity (Wildman–Crippen MR) is 58.6 cm³/mol. The molecule has 0 saturated heterocycles. The van der Waals surface area contributed by atoms with Gasteiger partial charge < -0.3 is 0 Å². The second kappa shape index (κ2) is 7.68. The van der Waals surface area contributed by atoms with E-state index in [2.05, 4.69) is 41.8 Å². The van der Waals surface area contributed by atoms with Gasteiger partial charge in [0.05, 0.1) is 11.4 Å². The van der Waals surface area contributed by atoms with Crippen molar-refractivity contribution in [3.8, 4) is 0 Å². The number of halogens is 2. The van der Waals surface area contributed by atoms with Crippen molar-refractivity contribution < 1.29 is 0 Å². The van der Waals surface area contributed by atoms with E-state index in [9.17, 15) is 0 Å². The lowest BCUT2D eigenvalue weighted by Crippen LogP contribution is -1.90. The third kappa shape index (κ3) is 4.16. The fraction of sp³-hybridized carbons (Fsp3) is 0.500. The van der Waals surface area contributed by atoms with Crippen molar-refractivity contribution in [2.45, 2.75) is 24.5 Å². The first-order valence-corrected chi connectivity index (χ1v) is 6.03. The highest BCUT2D eigenvalue weighted by molar-refractivity contribution is 9.08. The summed E-state index contributed by atoms with van der Waals surface area (Å²) in [6, 6.07) is 0. The van der Waals surface area contributed by atoms with Crippen LogP contribution in [0.5, 0.6) is 0 Å². The van der Waals surface area contributed by atoms with Gasteiger partial charge in [-0.3, -0.25) is 9.97 Å². The van der Waals surface area contributed by atoms with Crippen molar-refractivity contribution in [2.75, 3.05) is 0 Å². The molecule has 0 amide bonds. The van der Waals surface area contributed by atoms with Crippen LogP contribution in [0.1, 0.15) is 25.2 Å². The molecule has 1 heterocycles. The lowest BCUT2D eigenvalue weighted by Gasteiger charge is -1.94. The Morgan fingerprint density at radius 1 is 1.00 bits per heavy atom. The van der Waals surface area contributed by atoms with Crippen LogP contribution in [0.4, 0.5) is 0 Å². The van der Waals surface area contributed by atoms with Crippen LogP contribution in [0.15, 0.2) is 12.4 Å². The number of hydrogen-bond acceptors (Lipinski definition) is 2. The Hall–Kier alpha value is 0.0400. The van der Waals surface area contributed by atoms with Gasteiger partial charge >= 0.3 is 0 Å². The maximum Gasteiger partial charge on any atom is 0.0692 e. The number of nitrogens with zero attached hydrogens (tertiary/aromatic N) is 2. The normalized spacial score (nSPS) is 8.67. The zero-order chi connectivity index (χ0) is 9.40. The molecule has 0 fully saturated rings. The van der Waals surface area contributed by atoms with E-state index < -0.39 is 0 Å². The molecule has 0 radical (unpaired) electrons. The average Bonchev–Trinajstić information content (AvgIpc) is 2.21. The van der Waals surface area contributed by atoms with Gasteiger partial charge in [-0.1, -0.05) is 45.7 Å². The minimum atomic E-state index is 0.766. The summed E-state index contributed by atoms with van der Waals surface area (Å²) in [5, 5.41) is 1.53. The molecule has 0 unspecified atom stereocenters. The van der Waals surface area contributed by atoms with E-state index in [1.54, 1.807) is 12.4 Å². The first-order chi connectivity index (χ1) is 5.86. The van der Waals surface area contributed by atoms with Gasteiger partial charge in [0.15, 0.2) is 0 Å². The Bertz CT molecular complexity index is 176. The molecule has 1 aromatic heterocycles. The zero-order valence-corrected chi connectivity index (χ0v) is 10.4. The fourth-order valence-corrected chi connectivity index (χ4v) is 1.10. The van der Waals surface area contributed by atoms with Crippen LogP contribution in [0.3, 0.4) is 0 Å². The van der Waals surface area contributed by atoms with Crippen LogP contribution < -0.4 is 0 Å². The molecular weight excluding hydrogens is 284 g/mol. The largest absolute Gasteiger partial charge is 0.257 e. The topological polar surface area (TPSA) is 25.8 Å². The quantitative estimate of drug-likeness (QED) is 0.783. The number of hydrogen-bond donors (Lipinski definition) is 0. The minimum absolute atomic E-state index is 0.766. The first-order valence-electron chi connectivity index (χ1n) is 3.78. The molecule has 0 N–H and O–H groups in total. The van der Waals surface area contributed by atoms with E-state index in [0.717, 1.165) is 22.0 Å². The van der Waals surface area contributed by atoms with Crippen LogP contribution in [0.2, 0.25) is 0 Å². The van der Waals surface area contributed by atoms with Crippen molar-refractivity contribution in [1.29, 1.82) is 0 Å². The van der Waals surface area contributed by atoms with Gasteiger partial charge in [-0.05, 0) is 0 Å². The van der Waals surface area contributed by atoms with E-state index in [-0.39, 0.29) is 0 Å². The molecule has 0 atom stereocenters. The molecule has 4 heteroatoms. The molecule has 68 valence electrons. The fourth-order valence-electron chi connectivity index (χ4n) is 0.520. The Labute approximate surface area is 90.1 Å². The highest BCUT2D eigenvalue weighted by Gasteiger charge is 1.92. The van der Waals surface area contributed by atoms with Crippen molar-refractivity contribution >= 4 is 31.9 Å². The summed E-state index contributed by atoms with van der Waals surface area (Å²) in [6.07, 6.45) is 3.54. The van der Waals surface area contributed by atoms with Gasteiger partial charge in [-0.15, -0.1) is 0 Å². The third-order valence-electron chi connectivity index (χ3n) is 1.03. The van der Waals surface area contributed by atoms with Crippen LogP contribution in [-0.4, -0.2) is 9.97 Å². The third-order valence-corrected chi connectivity index (χ3v) is 2.18. The highest BCUT2D eigenvalue weighted by Crippen LogP contribution is 2.02. The Kier molecular flexibility index (Phi) is 7.70. The zero-order valence-electron chi connectivity index (χ0n) is 7.22. The van der Waals surface area contributed by atoms with E-state index in [4.69, 9.17) is 0 Å². The Morgan fingerprint density at radius 3 is 1.50 bits per heavy atom. The minimum Gasteiger partial charge on any atom is -0.257 e. The molecule has 2 nitrogen and oxygen atoms in total. The highest BCUT2D eigenvalue weighted by atomic mass is 79.9. The van der Waals surface area contributed by atoms with Gasteiger partial charge in [0, 0.05) is 23.1 Å². The van der Waals surface area contributed by atoms with Crippen LogP contribution in [0.25, 0.3) is 0 Å². The summed E-state index contributed by atoms with van der Waals surface area (Å²) in [6.45, 7) is 4.00. The van der Waals surface area contributed by atoms with E-state index >= 15 is 0 Å². The number of rotatable bonds is 2. The summed E-state index contributed by atoms with van der Waals surface area (Å²) in [7, 11) is 0. The molecular formula is C8H12Br2N2. The van der Waals surface area contributed by atoms with Crippen LogP contribution in [-0.2, 0) is 10.7 Å². The molecule has 12 heavy (non-hydrogen) atoms. The summed E-state index contributed by atoms with van der Waals surface area (Å²) < 4.78 is 0. The van der Waals surface area contributed by atoms with Crippen molar-refractivity contribution in [2.24, 2.45) is 0 Å². The van der Waals surface area contributed by atoms with Crippen LogP contribution >= 0.6 is 31.9 Å². The number of aromatic nitrogens is 2. The molecule has 1 rings (SSSR count). The maximum absolute atomic E-state index is 4.13. The molecule has 0 spiro atoms. The maximum atomic E-state index is 4.13. The second-order valence-electron chi connectivity index (χ2n) is 1.77. The van der Waals surface area contributed by atoms with E-state index in [1.807, 2.05) is 13.8 Å². The lowest BCUT2D eigenvalue weighted by molar-refractivity contribution is 1.05. The van der Waals surface area contributed by atoms with Gasteiger partial charge in [-0.25, -0.2) is 0 Å². The van der Waals surface area contributed by atoms with E-state index in [1.165, 1.54) is 0 Å². The summed E-state index contributed by atoms with van der Waals surface area (Å²) in [4.78, 5) is 8.26. The molecule has 0 saturated carbocycles. The predicted octanol–water partition coefficient (Wildman–Crippen LogP) is 3.29. The first kappa shape index (κ1) is 12.0.